The van der Waals surface area contributed by atoms with Gasteiger partial charge in [0.2, 0.25) is 29.5 Å². The Hall–Kier alpha value is -4.68. The van der Waals surface area contributed by atoms with Crippen molar-refractivity contribution in [3.8, 4) is 11.6 Å². The van der Waals surface area contributed by atoms with E-state index in [1.807, 2.05) is 27.7 Å². The maximum Gasteiger partial charge on any atom is 0.254 e. The molecular weight excluding hydrogens is 592 g/mol. The first-order valence-electron chi connectivity index (χ1n) is 15.4. The van der Waals surface area contributed by atoms with Crippen molar-refractivity contribution < 1.29 is 33.4 Å². The number of carbonyl (C=O) groups excluding carboxylic acids is 5. The van der Waals surface area contributed by atoms with Crippen molar-refractivity contribution in [3.63, 3.8) is 0 Å². The van der Waals surface area contributed by atoms with Crippen molar-refractivity contribution in [3.05, 3.63) is 53.7 Å². The second-order valence-electron chi connectivity index (χ2n) is 12.2. The van der Waals surface area contributed by atoms with Crippen LogP contribution < -0.4 is 30.7 Å². The van der Waals surface area contributed by atoms with Crippen LogP contribution in [0.15, 0.2) is 42.6 Å². The molecule has 3 rings (SSSR count). The summed E-state index contributed by atoms with van der Waals surface area (Å²) in [5.41, 5.74) is 0.993. The Morgan fingerprint density at radius 3 is 2.17 bits per heavy atom. The number of carbonyl (C=O) groups is 5. The Kier molecular flexibility index (Phi) is 12.9. The lowest BCUT2D eigenvalue weighted by Gasteiger charge is -2.31. The Morgan fingerprint density at radius 1 is 0.891 bits per heavy atom. The number of nitrogens with one attached hydrogen (secondary N) is 4. The van der Waals surface area contributed by atoms with Gasteiger partial charge in [0.25, 0.3) is 5.91 Å². The fraction of sp³-hybridized carbons (Fsp3) is 0.515. The van der Waals surface area contributed by atoms with Crippen LogP contribution in [0.2, 0.25) is 0 Å². The van der Waals surface area contributed by atoms with Gasteiger partial charge < -0.3 is 35.6 Å². The van der Waals surface area contributed by atoms with Gasteiger partial charge in [-0.3, -0.25) is 24.0 Å². The smallest absolute Gasteiger partial charge is 0.254 e. The van der Waals surface area contributed by atoms with Gasteiger partial charge in [-0.05, 0) is 48.9 Å². The highest BCUT2D eigenvalue weighted by Gasteiger charge is 2.32. The van der Waals surface area contributed by atoms with Crippen molar-refractivity contribution in [1.29, 1.82) is 0 Å². The van der Waals surface area contributed by atoms with E-state index in [1.165, 1.54) is 30.3 Å². The van der Waals surface area contributed by atoms with Crippen LogP contribution in [-0.4, -0.2) is 90.9 Å². The maximum absolute atomic E-state index is 13.8. The van der Waals surface area contributed by atoms with Crippen molar-refractivity contribution in [2.75, 3.05) is 27.3 Å². The molecule has 0 spiro atoms. The molecule has 0 radical (unpaired) electrons. The van der Waals surface area contributed by atoms with Gasteiger partial charge in [-0.1, -0.05) is 39.8 Å². The molecule has 2 heterocycles. The summed E-state index contributed by atoms with van der Waals surface area (Å²) in [4.78, 5) is 73.2. The molecule has 5 amide bonds. The van der Waals surface area contributed by atoms with Gasteiger partial charge in [-0.2, -0.15) is 0 Å². The van der Waals surface area contributed by atoms with Gasteiger partial charge in [-0.15, -0.1) is 0 Å². The lowest BCUT2D eigenvalue weighted by atomic mass is 10.0. The van der Waals surface area contributed by atoms with Crippen molar-refractivity contribution in [1.82, 2.24) is 31.2 Å². The van der Waals surface area contributed by atoms with E-state index >= 15 is 0 Å². The van der Waals surface area contributed by atoms with Crippen LogP contribution >= 0.6 is 0 Å². The number of hydrogen-bond donors (Lipinski definition) is 4. The molecule has 2 aromatic rings. The van der Waals surface area contributed by atoms with E-state index in [9.17, 15) is 24.0 Å². The number of ether oxygens (including phenoxy) is 2. The molecule has 1 aromatic carbocycles. The molecule has 250 valence electrons. The number of rotatable bonds is 8. The second-order valence-corrected chi connectivity index (χ2v) is 12.2. The summed E-state index contributed by atoms with van der Waals surface area (Å²) in [6, 6.07) is 6.48. The van der Waals surface area contributed by atoms with Gasteiger partial charge in [0.1, 0.15) is 23.9 Å². The third-order valence-electron chi connectivity index (χ3n) is 7.70. The molecule has 1 aliphatic rings. The number of aromatic nitrogens is 1. The molecular formula is C33H46N6O7. The minimum absolute atomic E-state index is 0.0118. The molecule has 1 aromatic heterocycles. The molecule has 0 unspecified atom stereocenters. The largest absolute Gasteiger partial charge is 0.497 e. The summed E-state index contributed by atoms with van der Waals surface area (Å²) < 4.78 is 10.4. The summed E-state index contributed by atoms with van der Waals surface area (Å²) >= 11 is 0. The van der Waals surface area contributed by atoms with E-state index < -0.39 is 53.7 Å². The average Bonchev–Trinajstić information content (AvgIpc) is 3.02. The Labute approximate surface area is 270 Å². The fourth-order valence-electron chi connectivity index (χ4n) is 5.00. The van der Waals surface area contributed by atoms with Gasteiger partial charge in [0, 0.05) is 36.8 Å². The Balaban J connectivity index is 2.00. The minimum atomic E-state index is -1.05. The first-order valence-corrected chi connectivity index (χ1v) is 15.4. The summed E-state index contributed by atoms with van der Waals surface area (Å²) in [5.74, 6) is -1.90. The third kappa shape index (κ3) is 10.2. The molecule has 0 aliphatic carbocycles. The zero-order valence-corrected chi connectivity index (χ0v) is 27.6. The molecule has 4 N–H and O–H groups in total. The van der Waals surface area contributed by atoms with Gasteiger partial charge in [-0.25, -0.2) is 4.98 Å². The zero-order valence-electron chi connectivity index (χ0n) is 27.6. The molecule has 46 heavy (non-hydrogen) atoms. The highest BCUT2D eigenvalue weighted by atomic mass is 16.5. The van der Waals surface area contributed by atoms with Crippen LogP contribution in [0.3, 0.4) is 0 Å². The summed E-state index contributed by atoms with van der Waals surface area (Å²) in [6.07, 6.45) is 1.84. The number of methoxy groups -OCH3 is 2. The van der Waals surface area contributed by atoms with Crippen LogP contribution in [0.4, 0.5) is 0 Å². The molecule has 0 bridgehead atoms. The molecule has 1 aliphatic heterocycles. The van der Waals surface area contributed by atoms with Gasteiger partial charge >= 0.3 is 0 Å². The normalized spacial score (nSPS) is 21.8. The molecule has 13 heteroatoms. The van der Waals surface area contributed by atoms with Crippen molar-refractivity contribution in [2.24, 2.45) is 11.8 Å². The van der Waals surface area contributed by atoms with Crippen molar-refractivity contribution >= 4 is 29.5 Å². The van der Waals surface area contributed by atoms with Gasteiger partial charge in [0.05, 0.1) is 20.8 Å². The summed E-state index contributed by atoms with van der Waals surface area (Å²) in [7, 11) is 2.98. The fourth-order valence-corrected chi connectivity index (χ4v) is 5.00. The number of hydrogen-bond acceptors (Lipinski definition) is 8. The molecule has 4 atom stereocenters. The third-order valence-corrected chi connectivity index (χ3v) is 7.70. The van der Waals surface area contributed by atoms with Gasteiger partial charge in [0.15, 0.2) is 0 Å². The number of pyridine rings is 1. The molecule has 0 saturated carbocycles. The quantitative estimate of drug-likeness (QED) is 0.337. The van der Waals surface area contributed by atoms with E-state index in [1.54, 1.807) is 38.3 Å². The second kappa shape index (κ2) is 16.6. The standard InChI is InChI=1S/C33H46N6O7/c1-19(2)14-25-32(43)37-26(15-22-8-10-24(45-6)11-9-22)31(42)35-21(5)30(41)38-27(20(3)4)17-39(18-28(40)36-25)33(44)23-12-13-34-29(16-23)46-7/h8-13,16,19-21,25-27H,14-15,17-18H2,1-7H3,(H,35,42)(H,36,40)(H,37,43)(H,38,41)/t21-,25+,26+,27-/m1/s1. The van der Waals surface area contributed by atoms with E-state index in [4.69, 9.17) is 9.47 Å². The predicted molar refractivity (Wildman–Crippen MR) is 171 cm³/mol. The van der Waals surface area contributed by atoms with E-state index in [0.29, 0.717) is 5.75 Å². The maximum atomic E-state index is 13.8. The number of amides is 5. The summed E-state index contributed by atoms with van der Waals surface area (Å²) in [5, 5.41) is 11.2. The lowest BCUT2D eigenvalue weighted by Crippen LogP contribution is -2.57. The van der Waals surface area contributed by atoms with Crippen LogP contribution in [0.1, 0.15) is 57.0 Å². The first-order chi connectivity index (χ1) is 21.8. The highest BCUT2D eigenvalue weighted by molar-refractivity contribution is 5.98. The van der Waals surface area contributed by atoms with Crippen LogP contribution in [0.25, 0.3) is 0 Å². The average molecular weight is 639 g/mol. The van der Waals surface area contributed by atoms with Crippen LogP contribution in [0, 0.1) is 11.8 Å². The topological polar surface area (TPSA) is 168 Å². The lowest BCUT2D eigenvalue weighted by molar-refractivity contribution is -0.133. The number of nitrogens with zero attached hydrogens (tertiary/aromatic N) is 2. The Morgan fingerprint density at radius 2 is 1.57 bits per heavy atom. The predicted octanol–water partition coefficient (Wildman–Crippen LogP) is 1.46. The summed E-state index contributed by atoms with van der Waals surface area (Å²) in [6.45, 7) is 8.74. The zero-order chi connectivity index (χ0) is 34.0. The van der Waals surface area contributed by atoms with Crippen molar-refractivity contribution in [2.45, 2.75) is 71.6 Å². The molecule has 13 nitrogen and oxygen atoms in total. The van der Waals surface area contributed by atoms with Crippen LogP contribution in [-0.2, 0) is 25.6 Å². The number of benzene rings is 1. The van der Waals surface area contributed by atoms with E-state index in [0.717, 1.165) is 5.56 Å². The van der Waals surface area contributed by atoms with E-state index in [2.05, 4.69) is 26.3 Å². The van der Waals surface area contributed by atoms with E-state index in [-0.39, 0.29) is 49.2 Å². The SMILES string of the molecule is COc1ccc(C[C@@H]2NC(=O)[C@H](CC(C)C)NC(=O)CN(C(=O)c3ccnc(OC)c3)C[C@H](C(C)C)NC(=O)[C@@H](C)NC2=O)cc1. The van der Waals surface area contributed by atoms with Crippen LogP contribution in [0.5, 0.6) is 11.6 Å². The minimum Gasteiger partial charge on any atom is -0.497 e. The Bertz CT molecular complexity index is 1380. The highest BCUT2D eigenvalue weighted by Crippen LogP contribution is 2.16. The monoisotopic (exact) mass is 638 g/mol. The first kappa shape index (κ1) is 35.8. The molecule has 1 saturated heterocycles. The molecule has 1 fully saturated rings.